The molecule has 2 N–H and O–H groups in total. The van der Waals surface area contributed by atoms with Gasteiger partial charge in [0.15, 0.2) is 5.78 Å². The molecule has 0 atom stereocenters. The molecule has 1 heterocycles. The molecule has 5 nitrogen and oxygen atoms in total. The Hall–Kier alpha value is -1.70. The van der Waals surface area contributed by atoms with Crippen molar-refractivity contribution in [2.75, 3.05) is 7.11 Å². The predicted molar refractivity (Wildman–Crippen MR) is 118 cm³/mol. The van der Waals surface area contributed by atoms with Crippen LogP contribution in [0, 0.1) is 0 Å². The third-order valence-corrected chi connectivity index (χ3v) is 5.05. The topological polar surface area (TPSA) is 67.8 Å². The van der Waals surface area contributed by atoms with Gasteiger partial charge in [0.05, 0.1) is 19.1 Å². The van der Waals surface area contributed by atoms with Gasteiger partial charge in [0.1, 0.15) is 29.5 Å². The second-order valence-electron chi connectivity index (χ2n) is 7.41. The Morgan fingerprint density at radius 2 is 2.14 bits per heavy atom. The molecule has 2 rings (SSSR count). The summed E-state index contributed by atoms with van der Waals surface area (Å²) in [6.07, 6.45) is 5.96. The van der Waals surface area contributed by atoms with E-state index in [0.29, 0.717) is 35.9 Å². The van der Waals surface area contributed by atoms with Gasteiger partial charge in [-0.2, -0.15) is 0 Å². The molecule has 0 fully saturated rings. The third-order valence-electron chi connectivity index (χ3n) is 4.24. The van der Waals surface area contributed by atoms with Crippen LogP contribution in [0.15, 0.2) is 46.3 Å². The fourth-order valence-electron chi connectivity index (χ4n) is 2.83. The molecule has 1 aliphatic heterocycles. The van der Waals surface area contributed by atoms with Gasteiger partial charge in [0.25, 0.3) is 0 Å². The fourth-order valence-corrected chi connectivity index (χ4v) is 3.62. The SMILES string of the molecule is CC/C(=C\C=C1/CC(=O)C=C(c2cc(Br)cc(C(C)(C)C)c2OC)O1)NSO. The van der Waals surface area contributed by atoms with E-state index in [0.717, 1.165) is 21.3 Å². The number of allylic oxidation sites excluding steroid dienone is 5. The number of halogens is 1. The average molecular weight is 468 g/mol. The number of ether oxygens (including phenoxy) is 2. The minimum Gasteiger partial charge on any atom is -0.496 e. The summed E-state index contributed by atoms with van der Waals surface area (Å²) in [5.74, 6) is 1.65. The van der Waals surface area contributed by atoms with Crippen LogP contribution in [0.1, 0.15) is 51.7 Å². The quantitative estimate of drug-likeness (QED) is 0.396. The van der Waals surface area contributed by atoms with Crippen LogP contribution in [0.4, 0.5) is 0 Å². The molecular weight excluding hydrogens is 442 g/mol. The molecule has 0 amide bonds. The number of methoxy groups -OCH3 is 1. The number of rotatable bonds is 6. The van der Waals surface area contributed by atoms with E-state index in [2.05, 4.69) is 41.4 Å². The zero-order valence-corrected chi connectivity index (χ0v) is 19.2. The van der Waals surface area contributed by atoms with E-state index in [4.69, 9.17) is 14.0 Å². The van der Waals surface area contributed by atoms with Crippen LogP contribution in [0.3, 0.4) is 0 Å². The molecule has 0 spiro atoms. The molecule has 1 aliphatic rings. The third kappa shape index (κ3) is 5.65. The van der Waals surface area contributed by atoms with Crippen molar-refractivity contribution in [2.45, 2.75) is 46.0 Å². The Kier molecular flexibility index (Phi) is 7.80. The number of nitrogens with one attached hydrogen (secondary N) is 1. The van der Waals surface area contributed by atoms with Crippen molar-refractivity contribution < 1.29 is 18.8 Å². The largest absolute Gasteiger partial charge is 0.496 e. The molecule has 28 heavy (non-hydrogen) atoms. The molecule has 152 valence electrons. The lowest BCUT2D eigenvalue weighted by Crippen LogP contribution is -2.15. The van der Waals surface area contributed by atoms with Gasteiger partial charge in [-0.25, -0.2) is 0 Å². The number of carbonyl (C=O) groups excluding carboxylic acids is 1. The minimum atomic E-state index is -0.145. The highest BCUT2D eigenvalue weighted by Crippen LogP contribution is 2.41. The summed E-state index contributed by atoms with van der Waals surface area (Å²) in [5, 5.41) is 0. The number of carbonyl (C=O) groups is 1. The van der Waals surface area contributed by atoms with E-state index in [1.807, 2.05) is 19.1 Å². The minimum absolute atomic E-state index is 0.0391. The lowest BCUT2D eigenvalue weighted by atomic mass is 9.84. The molecular formula is C21H26BrNO4S. The van der Waals surface area contributed by atoms with Crippen molar-refractivity contribution in [1.29, 1.82) is 0 Å². The molecule has 0 unspecified atom stereocenters. The van der Waals surface area contributed by atoms with E-state index in [1.54, 1.807) is 19.3 Å². The molecule has 0 aliphatic carbocycles. The van der Waals surface area contributed by atoms with Gasteiger partial charge in [-0.05, 0) is 36.1 Å². The number of hydrogen-bond acceptors (Lipinski definition) is 6. The lowest BCUT2D eigenvalue weighted by molar-refractivity contribution is -0.114. The number of ketones is 1. The second kappa shape index (κ2) is 9.67. The number of benzene rings is 1. The van der Waals surface area contributed by atoms with Crippen LogP contribution in [-0.2, 0) is 14.9 Å². The van der Waals surface area contributed by atoms with Crippen molar-refractivity contribution in [2.24, 2.45) is 0 Å². The zero-order valence-electron chi connectivity index (χ0n) is 16.8. The van der Waals surface area contributed by atoms with Crippen molar-refractivity contribution in [3.05, 3.63) is 57.4 Å². The molecule has 0 bridgehead atoms. The first kappa shape index (κ1) is 22.6. The molecule has 0 saturated carbocycles. The monoisotopic (exact) mass is 467 g/mol. The Morgan fingerprint density at radius 3 is 2.71 bits per heavy atom. The summed E-state index contributed by atoms with van der Waals surface area (Å²) in [6, 6.07) is 3.92. The first-order valence-corrected chi connectivity index (χ1v) is 10.5. The van der Waals surface area contributed by atoms with Gasteiger partial charge in [-0.15, -0.1) is 0 Å². The Morgan fingerprint density at radius 1 is 1.43 bits per heavy atom. The van der Waals surface area contributed by atoms with Crippen molar-refractivity contribution in [1.82, 2.24) is 4.72 Å². The Labute approximate surface area is 179 Å². The fraction of sp³-hybridized carbons (Fsp3) is 0.381. The van der Waals surface area contributed by atoms with Gasteiger partial charge in [0, 0.05) is 21.8 Å². The van der Waals surface area contributed by atoms with E-state index >= 15 is 0 Å². The van der Waals surface area contributed by atoms with E-state index in [9.17, 15) is 4.79 Å². The molecule has 7 heteroatoms. The summed E-state index contributed by atoms with van der Waals surface area (Å²) in [7, 11) is 1.62. The first-order chi connectivity index (χ1) is 13.2. The second-order valence-corrected chi connectivity index (χ2v) is 8.71. The standard InChI is InChI=1S/C21H26BrNO4S/c1-6-14(23-28-25)7-8-16-11-15(24)12-19(27-16)17-9-13(22)10-18(20(17)26-5)21(2,3)4/h7-10,12,23,25H,6,11H2,1-5H3/b14-7+,16-8+. The maximum atomic E-state index is 12.3. The maximum absolute atomic E-state index is 12.3. The smallest absolute Gasteiger partial charge is 0.166 e. The van der Waals surface area contributed by atoms with Gasteiger partial charge in [-0.1, -0.05) is 43.6 Å². The van der Waals surface area contributed by atoms with Crippen LogP contribution < -0.4 is 9.46 Å². The summed E-state index contributed by atoms with van der Waals surface area (Å²) in [6.45, 7) is 8.29. The molecule has 0 aromatic heterocycles. The van der Waals surface area contributed by atoms with Crippen LogP contribution in [0.5, 0.6) is 5.75 Å². The van der Waals surface area contributed by atoms with Crippen LogP contribution in [-0.4, -0.2) is 17.4 Å². The highest BCUT2D eigenvalue weighted by Gasteiger charge is 2.26. The van der Waals surface area contributed by atoms with E-state index in [-0.39, 0.29) is 17.6 Å². The summed E-state index contributed by atoms with van der Waals surface area (Å²) in [5.41, 5.74) is 2.42. The highest BCUT2D eigenvalue weighted by molar-refractivity contribution is 9.10. The van der Waals surface area contributed by atoms with Gasteiger partial charge in [-0.3, -0.25) is 4.79 Å². The van der Waals surface area contributed by atoms with Crippen molar-refractivity contribution in [3.63, 3.8) is 0 Å². The van der Waals surface area contributed by atoms with Crippen LogP contribution >= 0.6 is 28.2 Å². The predicted octanol–water partition coefficient (Wildman–Crippen LogP) is 5.97. The molecule has 0 saturated heterocycles. The van der Waals surface area contributed by atoms with Gasteiger partial charge in [0.2, 0.25) is 0 Å². The summed E-state index contributed by atoms with van der Waals surface area (Å²) >= 11 is 4.10. The Balaban J connectivity index is 2.48. The van der Waals surface area contributed by atoms with Crippen LogP contribution in [0.2, 0.25) is 0 Å². The zero-order chi connectivity index (χ0) is 20.9. The molecule has 0 radical (unpaired) electrons. The molecule has 1 aromatic rings. The highest BCUT2D eigenvalue weighted by atomic mass is 79.9. The Bertz CT molecular complexity index is 838. The van der Waals surface area contributed by atoms with Gasteiger partial charge < -0.3 is 18.7 Å². The normalized spacial score (nSPS) is 16.7. The van der Waals surface area contributed by atoms with Crippen molar-refractivity contribution >= 4 is 39.7 Å². The number of hydrogen-bond donors (Lipinski definition) is 2. The van der Waals surface area contributed by atoms with Gasteiger partial charge >= 0.3 is 0 Å². The van der Waals surface area contributed by atoms with E-state index in [1.165, 1.54) is 6.08 Å². The lowest BCUT2D eigenvalue weighted by Gasteiger charge is -2.26. The maximum Gasteiger partial charge on any atom is 0.166 e. The summed E-state index contributed by atoms with van der Waals surface area (Å²) in [4.78, 5) is 12.3. The van der Waals surface area contributed by atoms with Crippen LogP contribution in [0.25, 0.3) is 5.76 Å². The summed E-state index contributed by atoms with van der Waals surface area (Å²) < 4.78 is 24.4. The molecule has 1 aromatic carbocycles. The average Bonchev–Trinajstić information content (AvgIpc) is 2.63. The van der Waals surface area contributed by atoms with Crippen molar-refractivity contribution in [3.8, 4) is 5.75 Å². The first-order valence-electron chi connectivity index (χ1n) is 8.96. The van der Waals surface area contributed by atoms with E-state index < -0.39 is 0 Å².